The molecular formula is C25H39N5O5. The van der Waals surface area contributed by atoms with Gasteiger partial charge in [-0.2, -0.15) is 0 Å². The highest BCUT2D eigenvalue weighted by atomic mass is 16.2. The lowest BCUT2D eigenvalue weighted by molar-refractivity contribution is -0.135. The van der Waals surface area contributed by atoms with E-state index in [9.17, 15) is 24.0 Å². The fourth-order valence-corrected chi connectivity index (χ4v) is 3.45. The van der Waals surface area contributed by atoms with E-state index < -0.39 is 41.8 Å². The molecule has 5 amide bonds. The van der Waals surface area contributed by atoms with Crippen molar-refractivity contribution in [2.45, 2.75) is 72.0 Å². The van der Waals surface area contributed by atoms with Crippen molar-refractivity contribution in [3.8, 4) is 0 Å². The van der Waals surface area contributed by atoms with Gasteiger partial charge in [0.25, 0.3) is 0 Å². The zero-order valence-corrected chi connectivity index (χ0v) is 21.2. The second kappa shape index (κ2) is 14.7. The number of hydrogen-bond acceptors (Lipinski definition) is 5. The minimum Gasteiger partial charge on any atom is -0.370 e. The van der Waals surface area contributed by atoms with E-state index in [0.717, 1.165) is 5.56 Å². The van der Waals surface area contributed by atoms with Crippen LogP contribution >= 0.6 is 0 Å². The van der Waals surface area contributed by atoms with Gasteiger partial charge in [-0.15, -0.1) is 0 Å². The Kier molecular flexibility index (Phi) is 12.5. The van der Waals surface area contributed by atoms with Crippen molar-refractivity contribution in [1.29, 1.82) is 0 Å². The van der Waals surface area contributed by atoms with E-state index in [1.165, 1.54) is 6.92 Å². The van der Waals surface area contributed by atoms with Crippen molar-refractivity contribution < 1.29 is 24.0 Å². The van der Waals surface area contributed by atoms with E-state index in [1.807, 2.05) is 44.2 Å². The number of carbonyl (C=O) groups excluding carboxylic acids is 5. The van der Waals surface area contributed by atoms with Gasteiger partial charge in [0.1, 0.15) is 18.1 Å². The summed E-state index contributed by atoms with van der Waals surface area (Å²) in [6.07, 6.45) is 0.846. The molecule has 10 heteroatoms. The maximum Gasteiger partial charge on any atom is 0.243 e. The Labute approximate surface area is 207 Å². The summed E-state index contributed by atoms with van der Waals surface area (Å²) in [5.74, 6) is -2.77. The van der Waals surface area contributed by atoms with Gasteiger partial charge >= 0.3 is 0 Å². The summed E-state index contributed by atoms with van der Waals surface area (Å²) in [6.45, 7) is 8.69. The van der Waals surface area contributed by atoms with Crippen molar-refractivity contribution in [3.63, 3.8) is 0 Å². The van der Waals surface area contributed by atoms with Crippen LogP contribution in [-0.4, -0.2) is 54.2 Å². The zero-order chi connectivity index (χ0) is 26.5. The van der Waals surface area contributed by atoms with Crippen LogP contribution in [0.2, 0.25) is 0 Å². The SMILES string of the molecule is CC[C@H](C)[C@H](NC(C)=O)C(=O)NC(C(=O)NC(Cc1ccccc1)C(=O)NCCC(N)=O)C(C)C. The molecule has 4 atom stereocenters. The molecule has 0 fully saturated rings. The molecule has 0 heterocycles. The van der Waals surface area contributed by atoms with Gasteiger partial charge in [0.05, 0.1) is 0 Å². The van der Waals surface area contributed by atoms with Crippen molar-refractivity contribution in [1.82, 2.24) is 21.3 Å². The molecule has 0 aliphatic rings. The molecule has 1 aromatic rings. The third kappa shape index (κ3) is 10.6. The van der Waals surface area contributed by atoms with Crippen molar-refractivity contribution in [2.24, 2.45) is 17.6 Å². The van der Waals surface area contributed by atoms with E-state index >= 15 is 0 Å². The van der Waals surface area contributed by atoms with Gasteiger partial charge in [0.2, 0.25) is 29.5 Å². The predicted octanol–water partition coefficient (Wildman–Crippen LogP) is 0.397. The normalized spacial score (nSPS) is 14.2. The van der Waals surface area contributed by atoms with E-state index in [4.69, 9.17) is 5.73 Å². The van der Waals surface area contributed by atoms with Gasteiger partial charge in [0.15, 0.2) is 0 Å². The van der Waals surface area contributed by atoms with Gasteiger partial charge in [-0.1, -0.05) is 64.4 Å². The first-order valence-corrected chi connectivity index (χ1v) is 11.9. The maximum atomic E-state index is 13.2. The second-order valence-corrected chi connectivity index (χ2v) is 9.05. The lowest BCUT2D eigenvalue weighted by atomic mass is 9.96. The van der Waals surface area contributed by atoms with Crippen LogP contribution in [0.5, 0.6) is 0 Å². The molecule has 0 aliphatic carbocycles. The molecule has 194 valence electrons. The number of primary amides is 1. The van der Waals surface area contributed by atoms with E-state index in [-0.39, 0.29) is 37.1 Å². The van der Waals surface area contributed by atoms with Crippen LogP contribution in [0.1, 0.15) is 53.0 Å². The smallest absolute Gasteiger partial charge is 0.243 e. The van der Waals surface area contributed by atoms with Crippen LogP contribution in [-0.2, 0) is 30.4 Å². The molecule has 0 spiro atoms. The lowest BCUT2D eigenvalue weighted by Crippen LogP contribution is -2.59. The lowest BCUT2D eigenvalue weighted by Gasteiger charge is -2.29. The Balaban J connectivity index is 3.04. The van der Waals surface area contributed by atoms with Gasteiger partial charge < -0.3 is 27.0 Å². The summed E-state index contributed by atoms with van der Waals surface area (Å²) in [7, 11) is 0. The third-order valence-corrected chi connectivity index (χ3v) is 5.69. The summed E-state index contributed by atoms with van der Waals surface area (Å²) < 4.78 is 0. The minimum absolute atomic E-state index is 0.0252. The summed E-state index contributed by atoms with van der Waals surface area (Å²) >= 11 is 0. The molecule has 0 aromatic heterocycles. The Bertz CT molecular complexity index is 874. The summed E-state index contributed by atoms with van der Waals surface area (Å²) in [5, 5.41) is 10.8. The monoisotopic (exact) mass is 489 g/mol. The highest BCUT2D eigenvalue weighted by Crippen LogP contribution is 2.11. The number of hydrogen-bond donors (Lipinski definition) is 5. The first-order valence-electron chi connectivity index (χ1n) is 11.9. The Hall–Kier alpha value is -3.43. The van der Waals surface area contributed by atoms with Gasteiger partial charge in [0, 0.05) is 26.3 Å². The Morgan fingerprint density at radius 1 is 0.857 bits per heavy atom. The first kappa shape index (κ1) is 29.6. The highest BCUT2D eigenvalue weighted by molar-refractivity contribution is 5.94. The average molecular weight is 490 g/mol. The third-order valence-electron chi connectivity index (χ3n) is 5.69. The number of benzene rings is 1. The van der Waals surface area contributed by atoms with Gasteiger partial charge in [-0.05, 0) is 17.4 Å². The first-order chi connectivity index (χ1) is 16.5. The Morgan fingerprint density at radius 2 is 1.46 bits per heavy atom. The molecular weight excluding hydrogens is 450 g/mol. The molecule has 10 nitrogen and oxygen atoms in total. The molecule has 1 aromatic carbocycles. The maximum absolute atomic E-state index is 13.2. The zero-order valence-electron chi connectivity index (χ0n) is 21.2. The van der Waals surface area contributed by atoms with E-state index in [1.54, 1.807) is 13.8 Å². The summed E-state index contributed by atoms with van der Waals surface area (Å²) in [4.78, 5) is 61.7. The number of carbonyl (C=O) groups is 5. The minimum atomic E-state index is -0.934. The molecule has 0 aliphatic heterocycles. The highest BCUT2D eigenvalue weighted by Gasteiger charge is 2.32. The molecule has 0 bridgehead atoms. The number of nitrogens with one attached hydrogen (secondary N) is 4. The molecule has 0 radical (unpaired) electrons. The van der Waals surface area contributed by atoms with Crippen molar-refractivity contribution in [2.75, 3.05) is 6.54 Å². The second-order valence-electron chi connectivity index (χ2n) is 9.05. The molecule has 0 saturated heterocycles. The van der Waals surface area contributed by atoms with Crippen LogP contribution < -0.4 is 27.0 Å². The molecule has 6 N–H and O–H groups in total. The Morgan fingerprint density at radius 3 is 1.97 bits per heavy atom. The summed E-state index contributed by atoms with van der Waals surface area (Å²) in [6, 6.07) is 6.52. The molecule has 0 saturated carbocycles. The average Bonchev–Trinajstić information content (AvgIpc) is 2.79. The molecule has 1 rings (SSSR count). The number of nitrogens with two attached hydrogens (primary N) is 1. The number of amides is 5. The standard InChI is InChI=1S/C25H39N5O5/c1-6-16(4)22(28-17(5)31)25(35)30-21(15(2)3)24(34)29-19(14-18-10-8-7-9-11-18)23(33)27-13-12-20(26)32/h7-11,15-16,19,21-22H,6,12-14H2,1-5H3,(H2,26,32)(H,27,33)(H,28,31)(H,29,34)(H,30,35)/t16-,19?,21?,22-/m0/s1. The van der Waals surface area contributed by atoms with Crippen LogP contribution in [0.25, 0.3) is 0 Å². The fraction of sp³-hybridized carbons (Fsp3) is 0.560. The summed E-state index contributed by atoms with van der Waals surface area (Å²) in [5.41, 5.74) is 5.97. The fourth-order valence-electron chi connectivity index (χ4n) is 3.45. The number of rotatable bonds is 14. The predicted molar refractivity (Wildman–Crippen MR) is 133 cm³/mol. The van der Waals surface area contributed by atoms with Crippen LogP contribution in [0.15, 0.2) is 30.3 Å². The van der Waals surface area contributed by atoms with Crippen LogP contribution in [0.4, 0.5) is 0 Å². The van der Waals surface area contributed by atoms with Crippen molar-refractivity contribution >= 4 is 29.5 Å². The van der Waals surface area contributed by atoms with Crippen LogP contribution in [0, 0.1) is 11.8 Å². The largest absolute Gasteiger partial charge is 0.370 e. The van der Waals surface area contributed by atoms with Gasteiger partial charge in [-0.3, -0.25) is 24.0 Å². The molecule has 35 heavy (non-hydrogen) atoms. The quantitative estimate of drug-likeness (QED) is 0.255. The van der Waals surface area contributed by atoms with Crippen LogP contribution in [0.3, 0.4) is 0 Å². The van der Waals surface area contributed by atoms with E-state index in [0.29, 0.717) is 6.42 Å². The van der Waals surface area contributed by atoms with Gasteiger partial charge in [-0.25, -0.2) is 0 Å². The molecule has 2 unspecified atom stereocenters. The van der Waals surface area contributed by atoms with Crippen molar-refractivity contribution in [3.05, 3.63) is 35.9 Å². The topological polar surface area (TPSA) is 159 Å². The van der Waals surface area contributed by atoms with E-state index in [2.05, 4.69) is 21.3 Å².